The maximum atomic E-state index is 10.1. The minimum Gasteiger partial charge on any atom is -0.497 e. The van der Waals surface area contributed by atoms with Crippen molar-refractivity contribution in [2.75, 3.05) is 13.7 Å². The molecule has 102 valence electrons. The van der Waals surface area contributed by atoms with Crippen LogP contribution in [-0.4, -0.2) is 24.8 Å². The molecule has 3 nitrogen and oxygen atoms in total. The van der Waals surface area contributed by atoms with E-state index in [2.05, 4.69) is 19.2 Å². The zero-order valence-corrected chi connectivity index (χ0v) is 11.6. The summed E-state index contributed by atoms with van der Waals surface area (Å²) < 4.78 is 5.10. The third-order valence-electron chi connectivity index (χ3n) is 3.23. The van der Waals surface area contributed by atoms with Crippen molar-refractivity contribution in [1.29, 1.82) is 0 Å². The second kappa shape index (κ2) is 8.11. The number of methoxy groups -OCH3 is 1. The molecular weight excluding hydrogens is 226 g/mol. The molecule has 1 rings (SSSR count). The second-order valence-electron chi connectivity index (χ2n) is 4.59. The van der Waals surface area contributed by atoms with Gasteiger partial charge in [-0.2, -0.15) is 0 Å². The summed E-state index contributed by atoms with van der Waals surface area (Å²) in [7, 11) is 1.64. The van der Waals surface area contributed by atoms with Gasteiger partial charge >= 0.3 is 0 Å². The minimum atomic E-state index is -0.457. The van der Waals surface area contributed by atoms with Crippen LogP contribution in [0.15, 0.2) is 24.3 Å². The molecule has 0 aliphatic carbocycles. The van der Waals surface area contributed by atoms with Crippen LogP contribution in [0.25, 0.3) is 0 Å². The van der Waals surface area contributed by atoms with E-state index in [1.807, 2.05) is 24.3 Å². The van der Waals surface area contributed by atoms with Gasteiger partial charge in [0.2, 0.25) is 0 Å². The largest absolute Gasteiger partial charge is 0.497 e. The Morgan fingerprint density at radius 3 is 2.39 bits per heavy atom. The number of aliphatic hydroxyl groups is 1. The van der Waals surface area contributed by atoms with Gasteiger partial charge in [-0.05, 0) is 30.5 Å². The fourth-order valence-electron chi connectivity index (χ4n) is 2.02. The fraction of sp³-hybridized carbons (Fsp3) is 0.600. The van der Waals surface area contributed by atoms with Gasteiger partial charge in [-0.15, -0.1) is 0 Å². The molecule has 1 aromatic carbocycles. The summed E-state index contributed by atoms with van der Waals surface area (Å²) in [5.41, 5.74) is 0.926. The van der Waals surface area contributed by atoms with Gasteiger partial charge in [0.1, 0.15) is 5.75 Å². The maximum absolute atomic E-state index is 10.1. The molecule has 2 N–H and O–H groups in total. The Kier molecular flexibility index (Phi) is 6.76. The van der Waals surface area contributed by atoms with Crippen LogP contribution in [0.5, 0.6) is 5.75 Å². The minimum absolute atomic E-state index is 0.457. The van der Waals surface area contributed by atoms with Crippen molar-refractivity contribution in [2.24, 2.45) is 0 Å². The molecule has 0 saturated carbocycles. The maximum Gasteiger partial charge on any atom is 0.118 e. The first-order valence-corrected chi connectivity index (χ1v) is 6.76. The average molecular weight is 251 g/mol. The molecule has 0 aromatic heterocycles. The molecular formula is C15H25NO2. The molecule has 0 spiro atoms. The Hall–Kier alpha value is -1.06. The van der Waals surface area contributed by atoms with Crippen LogP contribution >= 0.6 is 0 Å². The molecule has 0 amide bonds. The molecule has 0 heterocycles. The highest BCUT2D eigenvalue weighted by Crippen LogP contribution is 2.17. The van der Waals surface area contributed by atoms with E-state index in [0.717, 1.165) is 24.2 Å². The first kappa shape index (κ1) is 15.0. The molecule has 3 heteroatoms. The van der Waals surface area contributed by atoms with E-state index in [1.165, 1.54) is 6.42 Å². The molecule has 0 saturated heterocycles. The van der Waals surface area contributed by atoms with Gasteiger partial charge in [0.05, 0.1) is 13.2 Å². The van der Waals surface area contributed by atoms with E-state index in [4.69, 9.17) is 4.74 Å². The smallest absolute Gasteiger partial charge is 0.118 e. The normalized spacial score (nSPS) is 14.2. The first-order chi connectivity index (χ1) is 8.71. The molecule has 0 fully saturated rings. The summed E-state index contributed by atoms with van der Waals surface area (Å²) in [6, 6.07) is 8.07. The summed E-state index contributed by atoms with van der Waals surface area (Å²) in [4.78, 5) is 0. The molecule has 2 atom stereocenters. The summed E-state index contributed by atoms with van der Waals surface area (Å²) in [6.45, 7) is 4.96. The van der Waals surface area contributed by atoms with Crippen molar-refractivity contribution < 1.29 is 9.84 Å². The van der Waals surface area contributed by atoms with E-state index in [9.17, 15) is 5.11 Å². The monoisotopic (exact) mass is 251 g/mol. The number of hydrogen-bond acceptors (Lipinski definition) is 3. The lowest BCUT2D eigenvalue weighted by molar-refractivity contribution is 0.168. The van der Waals surface area contributed by atoms with Crippen LogP contribution < -0.4 is 10.1 Å². The van der Waals surface area contributed by atoms with Gasteiger partial charge < -0.3 is 15.2 Å². The Morgan fingerprint density at radius 2 is 1.89 bits per heavy atom. The molecule has 0 bridgehead atoms. The molecule has 1 aromatic rings. The predicted molar refractivity (Wildman–Crippen MR) is 74.9 cm³/mol. The third kappa shape index (κ3) is 4.67. The zero-order valence-electron chi connectivity index (χ0n) is 11.6. The first-order valence-electron chi connectivity index (χ1n) is 6.76. The van der Waals surface area contributed by atoms with Crippen molar-refractivity contribution in [1.82, 2.24) is 5.32 Å². The van der Waals surface area contributed by atoms with Crippen LogP contribution in [0.1, 0.15) is 44.8 Å². The highest BCUT2D eigenvalue weighted by molar-refractivity contribution is 5.28. The predicted octanol–water partition coefficient (Wildman–Crippen LogP) is 2.90. The van der Waals surface area contributed by atoms with Crippen LogP contribution in [0, 0.1) is 0 Å². The lowest BCUT2D eigenvalue weighted by atomic mass is 10.1. The molecule has 0 radical (unpaired) electrons. The van der Waals surface area contributed by atoms with Crippen molar-refractivity contribution in [3.63, 3.8) is 0 Å². The van der Waals surface area contributed by atoms with Gasteiger partial charge in [0.25, 0.3) is 0 Å². The number of benzene rings is 1. The summed E-state index contributed by atoms with van der Waals surface area (Å²) >= 11 is 0. The quantitative estimate of drug-likeness (QED) is 0.746. The van der Waals surface area contributed by atoms with E-state index in [-0.39, 0.29) is 0 Å². The number of rotatable bonds is 8. The molecule has 2 unspecified atom stereocenters. The van der Waals surface area contributed by atoms with Crippen LogP contribution in [0.3, 0.4) is 0 Å². The van der Waals surface area contributed by atoms with E-state index in [1.54, 1.807) is 7.11 Å². The topological polar surface area (TPSA) is 41.5 Å². The number of nitrogens with one attached hydrogen (secondary N) is 1. The van der Waals surface area contributed by atoms with Crippen LogP contribution in [-0.2, 0) is 0 Å². The summed E-state index contributed by atoms with van der Waals surface area (Å²) in [6.07, 6.45) is 2.97. The van der Waals surface area contributed by atoms with E-state index >= 15 is 0 Å². The standard InChI is InChI=1S/C15H25NO2/c1-4-6-13(5-2)16-11-15(17)12-7-9-14(18-3)10-8-12/h7-10,13,15-17H,4-6,11H2,1-3H3. The van der Waals surface area contributed by atoms with Crippen LogP contribution in [0.2, 0.25) is 0 Å². The third-order valence-corrected chi connectivity index (χ3v) is 3.23. The molecule has 0 aliphatic rings. The Balaban J connectivity index is 2.45. The van der Waals surface area contributed by atoms with Gasteiger partial charge in [-0.1, -0.05) is 32.4 Å². The number of hydrogen-bond donors (Lipinski definition) is 2. The van der Waals surface area contributed by atoms with Gasteiger partial charge in [0.15, 0.2) is 0 Å². The SMILES string of the molecule is CCCC(CC)NCC(O)c1ccc(OC)cc1. The highest BCUT2D eigenvalue weighted by atomic mass is 16.5. The number of ether oxygens (including phenoxy) is 1. The van der Waals surface area contributed by atoms with Gasteiger partial charge in [0, 0.05) is 12.6 Å². The lowest BCUT2D eigenvalue weighted by Crippen LogP contribution is -2.32. The van der Waals surface area contributed by atoms with Crippen LogP contribution in [0.4, 0.5) is 0 Å². The molecule has 0 aliphatic heterocycles. The van der Waals surface area contributed by atoms with Crippen molar-refractivity contribution in [3.05, 3.63) is 29.8 Å². The number of aliphatic hydroxyl groups excluding tert-OH is 1. The highest BCUT2D eigenvalue weighted by Gasteiger charge is 2.10. The fourth-order valence-corrected chi connectivity index (χ4v) is 2.02. The van der Waals surface area contributed by atoms with Gasteiger partial charge in [-0.25, -0.2) is 0 Å². The lowest BCUT2D eigenvalue weighted by Gasteiger charge is -2.19. The van der Waals surface area contributed by atoms with Crippen molar-refractivity contribution >= 4 is 0 Å². The average Bonchev–Trinajstić information content (AvgIpc) is 2.43. The van der Waals surface area contributed by atoms with E-state index in [0.29, 0.717) is 12.6 Å². The van der Waals surface area contributed by atoms with Crippen molar-refractivity contribution in [2.45, 2.75) is 45.3 Å². The second-order valence-corrected chi connectivity index (χ2v) is 4.59. The Labute approximate surface area is 110 Å². The summed E-state index contributed by atoms with van der Waals surface area (Å²) in [5, 5.41) is 13.5. The Bertz CT molecular complexity index is 324. The zero-order chi connectivity index (χ0) is 13.4. The van der Waals surface area contributed by atoms with Gasteiger partial charge in [-0.3, -0.25) is 0 Å². The van der Waals surface area contributed by atoms with Crippen molar-refractivity contribution in [3.8, 4) is 5.75 Å². The summed E-state index contributed by atoms with van der Waals surface area (Å²) in [5.74, 6) is 0.816. The Morgan fingerprint density at radius 1 is 1.22 bits per heavy atom. The molecule has 18 heavy (non-hydrogen) atoms. The van der Waals surface area contributed by atoms with E-state index < -0.39 is 6.10 Å².